The summed E-state index contributed by atoms with van der Waals surface area (Å²) in [5.74, 6) is -0.407. The number of carbonyl (C=O) groups excluding carboxylic acids is 1. The number of fused-ring (bicyclic) bond motifs is 1. The molecule has 0 aliphatic carbocycles. The Morgan fingerprint density at radius 1 is 1.47 bits per heavy atom. The van der Waals surface area contributed by atoms with Crippen LogP contribution in [0.4, 0.5) is 0 Å². The predicted molar refractivity (Wildman–Crippen MR) is 77.0 cm³/mol. The van der Waals surface area contributed by atoms with Crippen molar-refractivity contribution in [2.75, 3.05) is 6.61 Å². The summed E-state index contributed by atoms with van der Waals surface area (Å²) in [5, 5.41) is 0.470. The Morgan fingerprint density at radius 2 is 2.26 bits per heavy atom. The Balaban J connectivity index is 2.23. The Hall–Kier alpha value is -1.33. The van der Waals surface area contributed by atoms with Gasteiger partial charge in [0.25, 0.3) is 0 Å². The quantitative estimate of drug-likeness (QED) is 0.630. The number of carbonyl (C=O) groups is 1. The second kappa shape index (κ2) is 6.21. The highest BCUT2D eigenvalue weighted by molar-refractivity contribution is 7.16. The zero-order valence-electron chi connectivity index (χ0n) is 10.5. The van der Waals surface area contributed by atoms with Crippen LogP contribution in [-0.2, 0) is 16.1 Å². The molecule has 0 aliphatic heterocycles. The van der Waals surface area contributed by atoms with Gasteiger partial charge in [0.2, 0.25) is 0 Å². The average Bonchev–Trinajstić information content (AvgIpc) is 2.67. The topological polar surface area (TPSA) is 48.3 Å². The number of thiazole rings is 1. The largest absolute Gasteiger partial charge is 0.464 e. The van der Waals surface area contributed by atoms with Gasteiger partial charge in [-0.05, 0) is 18.6 Å². The van der Waals surface area contributed by atoms with Gasteiger partial charge in [-0.25, -0.2) is 0 Å². The van der Waals surface area contributed by atoms with Crippen LogP contribution in [0.1, 0.15) is 19.8 Å². The van der Waals surface area contributed by atoms with Crippen molar-refractivity contribution in [1.29, 1.82) is 0 Å². The molecule has 0 bridgehead atoms. The van der Waals surface area contributed by atoms with E-state index >= 15 is 0 Å². The van der Waals surface area contributed by atoms with Crippen molar-refractivity contribution in [2.24, 2.45) is 0 Å². The molecule has 2 aromatic rings. The predicted octanol–water partition coefficient (Wildman–Crippen LogP) is 3.06. The van der Waals surface area contributed by atoms with Crippen LogP contribution in [0.25, 0.3) is 10.2 Å². The second-order valence-electron chi connectivity index (χ2n) is 4.11. The van der Waals surface area contributed by atoms with Crippen molar-refractivity contribution in [3.05, 3.63) is 32.9 Å². The van der Waals surface area contributed by atoms with Gasteiger partial charge in [-0.3, -0.25) is 14.2 Å². The summed E-state index contributed by atoms with van der Waals surface area (Å²) >= 11 is 7.16. The highest BCUT2D eigenvalue weighted by Crippen LogP contribution is 2.25. The summed E-state index contributed by atoms with van der Waals surface area (Å²) in [6.07, 6.45) is 1.78. The first-order valence-corrected chi connectivity index (χ1v) is 7.26. The second-order valence-corrected chi connectivity index (χ2v) is 5.52. The number of halogens is 1. The maximum atomic E-state index is 11.9. The fraction of sp³-hybridized carbons (Fsp3) is 0.385. The van der Waals surface area contributed by atoms with Gasteiger partial charge in [0.1, 0.15) is 6.54 Å². The summed E-state index contributed by atoms with van der Waals surface area (Å²) in [5.41, 5.74) is 0.603. The van der Waals surface area contributed by atoms with Crippen molar-refractivity contribution in [1.82, 2.24) is 4.57 Å². The summed E-state index contributed by atoms with van der Waals surface area (Å²) in [4.78, 5) is 23.3. The maximum Gasteiger partial charge on any atom is 0.326 e. The van der Waals surface area contributed by atoms with Gasteiger partial charge in [-0.15, -0.1) is 0 Å². The number of aromatic nitrogens is 1. The molecule has 0 spiro atoms. The molecule has 6 heteroatoms. The third-order valence-electron chi connectivity index (χ3n) is 2.69. The minimum absolute atomic E-state index is 0.0910. The van der Waals surface area contributed by atoms with Gasteiger partial charge in [-0.2, -0.15) is 0 Å². The molecule has 0 saturated heterocycles. The zero-order chi connectivity index (χ0) is 13.8. The van der Waals surface area contributed by atoms with Crippen LogP contribution in [0.3, 0.4) is 0 Å². The van der Waals surface area contributed by atoms with E-state index in [-0.39, 0.29) is 11.4 Å². The van der Waals surface area contributed by atoms with Gasteiger partial charge in [0.15, 0.2) is 0 Å². The molecule has 0 unspecified atom stereocenters. The van der Waals surface area contributed by atoms with E-state index in [1.54, 1.807) is 12.1 Å². The van der Waals surface area contributed by atoms with E-state index in [4.69, 9.17) is 16.3 Å². The monoisotopic (exact) mass is 299 g/mol. The molecule has 0 N–H and O–H groups in total. The lowest BCUT2D eigenvalue weighted by Crippen LogP contribution is -2.21. The summed E-state index contributed by atoms with van der Waals surface area (Å²) in [6.45, 7) is 2.32. The van der Waals surface area contributed by atoms with Crippen LogP contribution in [0.2, 0.25) is 5.02 Å². The lowest BCUT2D eigenvalue weighted by atomic mass is 10.3. The standard InChI is InChI=1S/C13H14ClNO3S/c1-2-3-7-18-11(16)8-15-12-9(14)5-4-6-10(12)19-13(15)17/h4-6H,2-3,7-8H2,1H3. The van der Waals surface area contributed by atoms with Crippen molar-refractivity contribution in [3.63, 3.8) is 0 Å². The van der Waals surface area contributed by atoms with Crippen molar-refractivity contribution in [2.45, 2.75) is 26.3 Å². The van der Waals surface area contributed by atoms with Crippen LogP contribution in [-0.4, -0.2) is 17.1 Å². The highest BCUT2D eigenvalue weighted by atomic mass is 35.5. The van der Waals surface area contributed by atoms with Gasteiger partial charge in [0, 0.05) is 0 Å². The first-order valence-electron chi connectivity index (χ1n) is 6.07. The molecule has 0 amide bonds. The number of esters is 1. The van der Waals surface area contributed by atoms with Crippen LogP contribution >= 0.6 is 22.9 Å². The minimum atomic E-state index is -0.407. The van der Waals surface area contributed by atoms with Crippen molar-refractivity contribution < 1.29 is 9.53 Å². The molecule has 2 rings (SSSR count). The van der Waals surface area contributed by atoms with Gasteiger partial charge in [0.05, 0.1) is 21.8 Å². The van der Waals surface area contributed by atoms with E-state index in [0.717, 1.165) is 28.9 Å². The number of para-hydroxylation sites is 1. The van der Waals surface area contributed by atoms with E-state index in [1.165, 1.54) is 4.57 Å². The molecular weight excluding hydrogens is 286 g/mol. The van der Waals surface area contributed by atoms with Crippen LogP contribution < -0.4 is 4.87 Å². The smallest absolute Gasteiger partial charge is 0.326 e. The first kappa shape index (κ1) is 14.1. The molecule has 19 heavy (non-hydrogen) atoms. The number of hydrogen-bond acceptors (Lipinski definition) is 4. The molecule has 0 atom stereocenters. The molecule has 102 valence electrons. The van der Waals surface area contributed by atoms with Gasteiger partial charge in [-0.1, -0.05) is 42.3 Å². The van der Waals surface area contributed by atoms with Crippen LogP contribution in [0.5, 0.6) is 0 Å². The normalized spacial score (nSPS) is 10.8. The maximum absolute atomic E-state index is 11.9. The number of ether oxygens (including phenoxy) is 1. The summed E-state index contributed by atoms with van der Waals surface area (Å²) in [6, 6.07) is 5.30. The van der Waals surface area contributed by atoms with E-state index in [2.05, 4.69) is 0 Å². The van der Waals surface area contributed by atoms with E-state index < -0.39 is 5.97 Å². The van der Waals surface area contributed by atoms with E-state index in [0.29, 0.717) is 17.1 Å². The first-order chi connectivity index (χ1) is 9.13. The van der Waals surface area contributed by atoms with Crippen molar-refractivity contribution in [3.8, 4) is 0 Å². The fourth-order valence-electron chi connectivity index (χ4n) is 1.73. The number of unbranched alkanes of at least 4 members (excludes halogenated alkanes) is 1. The number of benzene rings is 1. The Kier molecular flexibility index (Phi) is 4.61. The van der Waals surface area contributed by atoms with Crippen LogP contribution in [0, 0.1) is 0 Å². The molecule has 1 aromatic carbocycles. The number of nitrogens with zero attached hydrogens (tertiary/aromatic N) is 1. The lowest BCUT2D eigenvalue weighted by molar-refractivity contribution is -0.144. The van der Waals surface area contributed by atoms with E-state index in [1.807, 2.05) is 13.0 Å². The average molecular weight is 300 g/mol. The summed E-state index contributed by atoms with van der Waals surface area (Å²) in [7, 11) is 0. The van der Waals surface area contributed by atoms with Crippen molar-refractivity contribution >= 4 is 39.1 Å². The SMILES string of the molecule is CCCCOC(=O)Cn1c(=O)sc2cccc(Cl)c21. The molecular formula is C13H14ClNO3S. The van der Waals surface area contributed by atoms with Crippen LogP contribution in [0.15, 0.2) is 23.0 Å². The molecule has 1 aromatic heterocycles. The third kappa shape index (κ3) is 3.16. The Labute approximate surface area is 119 Å². The number of rotatable bonds is 5. The fourth-order valence-corrected chi connectivity index (χ4v) is 2.98. The molecule has 4 nitrogen and oxygen atoms in total. The number of hydrogen-bond donors (Lipinski definition) is 0. The van der Waals surface area contributed by atoms with Gasteiger partial charge < -0.3 is 4.74 Å². The zero-order valence-corrected chi connectivity index (χ0v) is 12.1. The third-order valence-corrected chi connectivity index (χ3v) is 3.93. The molecule has 0 aliphatic rings. The molecule has 0 fully saturated rings. The Bertz CT molecular complexity index is 647. The highest BCUT2D eigenvalue weighted by Gasteiger charge is 2.14. The molecule has 1 heterocycles. The lowest BCUT2D eigenvalue weighted by Gasteiger charge is -2.06. The molecule has 0 radical (unpaired) electrons. The molecule has 0 saturated carbocycles. The minimum Gasteiger partial charge on any atom is -0.464 e. The summed E-state index contributed by atoms with van der Waals surface area (Å²) < 4.78 is 7.21. The Morgan fingerprint density at radius 3 is 3.00 bits per heavy atom. The van der Waals surface area contributed by atoms with Gasteiger partial charge >= 0.3 is 10.8 Å². The van der Waals surface area contributed by atoms with E-state index in [9.17, 15) is 9.59 Å².